The number of aryl methyl sites for hydroxylation is 1. The summed E-state index contributed by atoms with van der Waals surface area (Å²) in [7, 11) is 0. The SMILES string of the molecule is CCC(C)[C@@H](N)c1ccc(C)o1.Cl. The fraction of sp³-hybridized carbons (Fsp3) is 0.600. The van der Waals surface area contributed by atoms with E-state index in [1.54, 1.807) is 0 Å². The molecule has 1 aromatic heterocycles. The number of hydrogen-bond donors (Lipinski definition) is 1. The van der Waals surface area contributed by atoms with Crippen molar-refractivity contribution in [1.29, 1.82) is 0 Å². The summed E-state index contributed by atoms with van der Waals surface area (Å²) >= 11 is 0. The van der Waals surface area contributed by atoms with Crippen molar-refractivity contribution < 1.29 is 4.42 Å². The second-order valence-corrected chi connectivity index (χ2v) is 3.36. The number of furan rings is 1. The van der Waals surface area contributed by atoms with Crippen molar-refractivity contribution in [3.63, 3.8) is 0 Å². The lowest BCUT2D eigenvalue weighted by Gasteiger charge is -2.15. The summed E-state index contributed by atoms with van der Waals surface area (Å²) in [6.07, 6.45) is 1.08. The van der Waals surface area contributed by atoms with Crippen molar-refractivity contribution in [3.8, 4) is 0 Å². The zero-order valence-corrected chi connectivity index (χ0v) is 9.23. The predicted octanol–water partition coefficient (Wildman–Crippen LogP) is 3.06. The van der Waals surface area contributed by atoms with Gasteiger partial charge in [0.05, 0.1) is 6.04 Å². The van der Waals surface area contributed by atoms with Gasteiger partial charge in [0, 0.05) is 0 Å². The van der Waals surface area contributed by atoms with Crippen molar-refractivity contribution in [3.05, 3.63) is 23.7 Å². The maximum absolute atomic E-state index is 5.97. The zero-order valence-electron chi connectivity index (χ0n) is 8.41. The van der Waals surface area contributed by atoms with Crippen LogP contribution < -0.4 is 5.73 Å². The molecule has 1 unspecified atom stereocenters. The fourth-order valence-corrected chi connectivity index (χ4v) is 1.17. The fourth-order valence-electron chi connectivity index (χ4n) is 1.17. The standard InChI is InChI=1S/C10H17NO.ClH/c1-4-7(2)10(11)9-6-5-8(3)12-9;/h5-7,10H,4,11H2,1-3H3;1H/t7?,10-;/m1./s1. The van der Waals surface area contributed by atoms with Crippen molar-refractivity contribution in [1.82, 2.24) is 0 Å². The molecule has 0 aliphatic heterocycles. The third-order valence-corrected chi connectivity index (χ3v) is 2.35. The minimum Gasteiger partial charge on any atom is -0.465 e. The van der Waals surface area contributed by atoms with Crippen LogP contribution in [-0.4, -0.2) is 0 Å². The van der Waals surface area contributed by atoms with Gasteiger partial charge in [0.25, 0.3) is 0 Å². The normalized spacial score (nSPS) is 14.8. The topological polar surface area (TPSA) is 39.2 Å². The number of rotatable bonds is 3. The van der Waals surface area contributed by atoms with Crippen LogP contribution in [0.1, 0.15) is 37.8 Å². The van der Waals surface area contributed by atoms with E-state index in [9.17, 15) is 0 Å². The molecule has 1 aromatic rings. The first-order valence-electron chi connectivity index (χ1n) is 4.47. The van der Waals surface area contributed by atoms with Crippen LogP contribution in [0.5, 0.6) is 0 Å². The summed E-state index contributed by atoms with van der Waals surface area (Å²) in [5.41, 5.74) is 5.97. The Morgan fingerprint density at radius 3 is 2.46 bits per heavy atom. The number of nitrogens with two attached hydrogens (primary N) is 1. The first-order chi connectivity index (χ1) is 5.65. The van der Waals surface area contributed by atoms with Crippen LogP contribution in [-0.2, 0) is 0 Å². The molecule has 0 spiro atoms. The van der Waals surface area contributed by atoms with Crippen LogP contribution in [0.15, 0.2) is 16.5 Å². The quantitative estimate of drug-likeness (QED) is 0.820. The predicted molar refractivity (Wildman–Crippen MR) is 57.1 cm³/mol. The number of halogens is 1. The molecule has 0 aliphatic carbocycles. The third kappa shape index (κ3) is 3.05. The molecule has 0 fully saturated rings. The van der Waals surface area contributed by atoms with Gasteiger partial charge in [-0.3, -0.25) is 0 Å². The summed E-state index contributed by atoms with van der Waals surface area (Å²) in [5.74, 6) is 2.32. The van der Waals surface area contributed by atoms with E-state index in [1.165, 1.54) is 0 Å². The zero-order chi connectivity index (χ0) is 9.14. The summed E-state index contributed by atoms with van der Waals surface area (Å²) in [5, 5.41) is 0. The van der Waals surface area contributed by atoms with Crippen LogP contribution in [0, 0.1) is 12.8 Å². The second-order valence-electron chi connectivity index (χ2n) is 3.36. The van der Waals surface area contributed by atoms with Crippen molar-refractivity contribution >= 4 is 12.4 Å². The van der Waals surface area contributed by atoms with Gasteiger partial charge in [-0.05, 0) is 25.0 Å². The maximum Gasteiger partial charge on any atom is 0.121 e. The Kier molecular flexibility index (Phi) is 5.11. The molecular weight excluding hydrogens is 186 g/mol. The maximum atomic E-state index is 5.97. The van der Waals surface area contributed by atoms with Crippen molar-refractivity contribution in [2.75, 3.05) is 0 Å². The van der Waals surface area contributed by atoms with Crippen LogP contribution in [0.4, 0.5) is 0 Å². The van der Waals surface area contributed by atoms with E-state index >= 15 is 0 Å². The second kappa shape index (κ2) is 5.30. The smallest absolute Gasteiger partial charge is 0.121 e. The first-order valence-corrected chi connectivity index (χ1v) is 4.47. The summed E-state index contributed by atoms with van der Waals surface area (Å²) in [6.45, 7) is 6.22. The summed E-state index contributed by atoms with van der Waals surface area (Å²) in [6, 6.07) is 3.97. The molecule has 0 aliphatic rings. The van der Waals surface area contributed by atoms with Crippen molar-refractivity contribution in [2.45, 2.75) is 33.2 Å². The molecule has 1 heterocycles. The van der Waals surface area contributed by atoms with Gasteiger partial charge in [0.15, 0.2) is 0 Å². The van der Waals surface area contributed by atoms with Crippen LogP contribution >= 0.6 is 12.4 Å². The lowest BCUT2D eigenvalue weighted by Crippen LogP contribution is -2.17. The lowest BCUT2D eigenvalue weighted by molar-refractivity contribution is 0.368. The average Bonchev–Trinajstić information content (AvgIpc) is 2.49. The van der Waals surface area contributed by atoms with Gasteiger partial charge < -0.3 is 10.2 Å². The highest BCUT2D eigenvalue weighted by Crippen LogP contribution is 2.23. The van der Waals surface area contributed by atoms with Crippen molar-refractivity contribution in [2.24, 2.45) is 11.7 Å². The molecule has 0 radical (unpaired) electrons. The Morgan fingerprint density at radius 2 is 2.08 bits per heavy atom. The third-order valence-electron chi connectivity index (χ3n) is 2.35. The lowest BCUT2D eigenvalue weighted by atomic mass is 9.98. The Balaban J connectivity index is 0.00000144. The van der Waals surface area contributed by atoms with E-state index in [0.717, 1.165) is 17.9 Å². The molecule has 0 saturated carbocycles. The van der Waals surface area contributed by atoms with E-state index in [2.05, 4.69) is 13.8 Å². The van der Waals surface area contributed by atoms with E-state index in [0.29, 0.717) is 5.92 Å². The Morgan fingerprint density at radius 1 is 1.46 bits per heavy atom. The molecular formula is C10H18ClNO. The number of hydrogen-bond acceptors (Lipinski definition) is 2. The molecule has 0 aromatic carbocycles. The molecule has 76 valence electrons. The van der Waals surface area contributed by atoms with Gasteiger partial charge in [-0.15, -0.1) is 12.4 Å². The van der Waals surface area contributed by atoms with E-state index in [-0.39, 0.29) is 18.4 Å². The highest BCUT2D eigenvalue weighted by molar-refractivity contribution is 5.85. The molecule has 3 heteroatoms. The largest absolute Gasteiger partial charge is 0.465 e. The molecule has 2 N–H and O–H groups in total. The van der Waals surface area contributed by atoms with Gasteiger partial charge in [0.1, 0.15) is 11.5 Å². The molecule has 2 nitrogen and oxygen atoms in total. The van der Waals surface area contributed by atoms with Crippen LogP contribution in [0.3, 0.4) is 0 Å². The summed E-state index contributed by atoms with van der Waals surface area (Å²) in [4.78, 5) is 0. The van der Waals surface area contributed by atoms with Crippen LogP contribution in [0.2, 0.25) is 0 Å². The minimum atomic E-state index is 0. The molecule has 13 heavy (non-hydrogen) atoms. The van der Waals surface area contributed by atoms with Gasteiger partial charge in [-0.1, -0.05) is 20.3 Å². The van der Waals surface area contributed by atoms with Gasteiger partial charge >= 0.3 is 0 Å². The van der Waals surface area contributed by atoms with Gasteiger partial charge in [0.2, 0.25) is 0 Å². The summed E-state index contributed by atoms with van der Waals surface area (Å²) < 4.78 is 5.44. The highest BCUT2D eigenvalue weighted by atomic mass is 35.5. The van der Waals surface area contributed by atoms with Crippen LogP contribution in [0.25, 0.3) is 0 Å². The first kappa shape index (κ1) is 12.5. The Hall–Kier alpha value is -0.470. The molecule has 2 atom stereocenters. The Labute approximate surface area is 85.9 Å². The highest BCUT2D eigenvalue weighted by Gasteiger charge is 2.15. The van der Waals surface area contributed by atoms with E-state index in [1.807, 2.05) is 19.1 Å². The molecule has 0 bridgehead atoms. The minimum absolute atomic E-state index is 0. The molecule has 0 saturated heterocycles. The molecule has 1 rings (SSSR count). The van der Waals surface area contributed by atoms with E-state index < -0.39 is 0 Å². The van der Waals surface area contributed by atoms with Gasteiger partial charge in [-0.2, -0.15) is 0 Å². The van der Waals surface area contributed by atoms with Gasteiger partial charge in [-0.25, -0.2) is 0 Å². The Bertz CT molecular complexity index is 247. The average molecular weight is 204 g/mol. The van der Waals surface area contributed by atoms with E-state index in [4.69, 9.17) is 10.2 Å². The molecule has 0 amide bonds. The monoisotopic (exact) mass is 203 g/mol.